The maximum absolute atomic E-state index is 12.8. The van der Waals surface area contributed by atoms with E-state index in [4.69, 9.17) is 14.2 Å². The average molecular weight is 717 g/mol. The number of ether oxygens (including phenoxy) is 3. The molecule has 6 atom stereocenters. The molecule has 51 heavy (non-hydrogen) atoms. The number of aliphatic imine (C=N–C) groups is 3. The molecule has 3 amide bonds. The van der Waals surface area contributed by atoms with Gasteiger partial charge in [-0.25, -0.2) is 43.7 Å². The smallest absolute Gasteiger partial charge is 0.407 e. The topological polar surface area (TPSA) is 203 Å². The zero-order valence-corrected chi connectivity index (χ0v) is 30.0. The lowest BCUT2D eigenvalue weighted by molar-refractivity contribution is -0.0181. The van der Waals surface area contributed by atoms with Crippen LogP contribution >= 0.6 is 0 Å². The number of nitrogens with zero attached hydrogens (tertiary/aromatic N) is 3. The van der Waals surface area contributed by atoms with Gasteiger partial charge in [-0.1, -0.05) is 26.2 Å². The minimum atomic E-state index is -1.000. The van der Waals surface area contributed by atoms with Crippen LogP contribution in [0.5, 0.6) is 0 Å². The third-order valence-electron chi connectivity index (χ3n) is 10.8. The number of hydrogen-bond donors (Lipinski definition) is 3. The van der Waals surface area contributed by atoms with E-state index in [1.54, 1.807) is 18.2 Å². The second-order valence-electron chi connectivity index (χ2n) is 14.7. The Morgan fingerprint density at radius 3 is 1.12 bits per heavy atom. The molecule has 0 aromatic heterocycles. The summed E-state index contributed by atoms with van der Waals surface area (Å²) in [6.45, 7) is 3.99. The van der Waals surface area contributed by atoms with Crippen LogP contribution in [0.25, 0.3) is 0 Å². The van der Waals surface area contributed by atoms with Gasteiger partial charge in [0.05, 0.1) is 25.0 Å². The summed E-state index contributed by atoms with van der Waals surface area (Å²) >= 11 is 0. The standard InChI is InChI=1S/C36H56N6O9/c1-2-36(21-49-33(46)40-18-30-9-3-6-27(12-30)15-37-24-43,22-50-34(47)41-19-31-10-4-7-28(13-31)16-38-25-44)23-51-35(48)42-20-32-11-5-8-29(14-32)17-39-26-45/h27-32H,2-23H2,1H3,(H,40,46)(H,41,47)(H,42,48). The number of rotatable bonds is 19. The molecule has 0 heterocycles. The molecule has 3 aliphatic rings. The Hall–Kier alpha value is -4.05. The van der Waals surface area contributed by atoms with E-state index in [1.807, 2.05) is 6.92 Å². The average Bonchev–Trinajstić information content (AvgIpc) is 3.16. The molecule has 0 spiro atoms. The predicted octanol–water partition coefficient (Wildman–Crippen LogP) is 4.99. The minimum Gasteiger partial charge on any atom is -0.449 e. The molecule has 0 bridgehead atoms. The number of amides is 3. The van der Waals surface area contributed by atoms with Gasteiger partial charge >= 0.3 is 18.3 Å². The molecule has 15 heteroatoms. The summed E-state index contributed by atoms with van der Waals surface area (Å²) in [5, 5.41) is 8.51. The molecular formula is C36H56N6O9. The van der Waals surface area contributed by atoms with Crippen molar-refractivity contribution in [2.45, 2.75) is 90.4 Å². The zero-order valence-electron chi connectivity index (χ0n) is 30.0. The minimum absolute atomic E-state index is 0.152. The van der Waals surface area contributed by atoms with Gasteiger partial charge in [-0.15, -0.1) is 0 Å². The Balaban J connectivity index is 1.52. The Bertz CT molecular complexity index is 1100. The highest BCUT2D eigenvalue weighted by Gasteiger charge is 2.35. The first-order valence-corrected chi connectivity index (χ1v) is 18.6. The predicted molar refractivity (Wildman–Crippen MR) is 186 cm³/mol. The van der Waals surface area contributed by atoms with Gasteiger partial charge < -0.3 is 30.2 Å². The number of carbonyl (C=O) groups excluding carboxylic acids is 6. The van der Waals surface area contributed by atoms with Gasteiger partial charge in [0.15, 0.2) is 0 Å². The molecule has 0 aromatic carbocycles. The lowest BCUT2D eigenvalue weighted by atomic mass is 9.81. The van der Waals surface area contributed by atoms with E-state index >= 15 is 0 Å². The zero-order chi connectivity index (χ0) is 36.7. The molecule has 3 saturated carbocycles. The van der Waals surface area contributed by atoms with Crippen LogP contribution in [-0.4, -0.2) is 95.6 Å². The van der Waals surface area contributed by atoms with E-state index in [0.29, 0.717) is 45.7 Å². The van der Waals surface area contributed by atoms with Crippen LogP contribution in [0.3, 0.4) is 0 Å². The number of hydrogen-bond acceptors (Lipinski definition) is 12. The second-order valence-corrected chi connectivity index (χ2v) is 14.7. The summed E-state index contributed by atoms with van der Waals surface area (Å²) in [6, 6.07) is 0. The third-order valence-corrected chi connectivity index (χ3v) is 10.8. The molecule has 6 unspecified atom stereocenters. The van der Waals surface area contributed by atoms with Crippen molar-refractivity contribution >= 4 is 36.5 Å². The fraction of sp³-hybridized carbons (Fsp3) is 0.833. The first-order chi connectivity index (χ1) is 24.8. The van der Waals surface area contributed by atoms with Gasteiger partial charge in [-0.3, -0.25) is 0 Å². The van der Waals surface area contributed by atoms with E-state index in [2.05, 4.69) is 30.9 Å². The quantitative estimate of drug-likeness (QED) is 0.0935. The monoisotopic (exact) mass is 716 g/mol. The Morgan fingerprint density at radius 2 is 0.843 bits per heavy atom. The summed E-state index contributed by atoms with van der Waals surface area (Å²) in [5.74, 6) is 1.58. The van der Waals surface area contributed by atoms with Gasteiger partial charge in [0.2, 0.25) is 18.2 Å². The van der Waals surface area contributed by atoms with Crippen LogP contribution in [0, 0.1) is 40.9 Å². The lowest BCUT2D eigenvalue weighted by Crippen LogP contribution is -2.43. The van der Waals surface area contributed by atoms with E-state index in [-0.39, 0.29) is 55.3 Å². The highest BCUT2D eigenvalue weighted by atomic mass is 16.6. The maximum atomic E-state index is 12.8. The molecule has 0 aromatic rings. The van der Waals surface area contributed by atoms with Crippen molar-refractivity contribution in [3.63, 3.8) is 0 Å². The Labute approximate surface area is 300 Å². The third kappa shape index (κ3) is 16.2. The fourth-order valence-electron chi connectivity index (χ4n) is 7.68. The van der Waals surface area contributed by atoms with E-state index in [0.717, 1.165) is 77.0 Å². The van der Waals surface area contributed by atoms with Crippen LogP contribution < -0.4 is 16.0 Å². The highest BCUT2D eigenvalue weighted by molar-refractivity contribution is 5.68. The highest BCUT2D eigenvalue weighted by Crippen LogP contribution is 2.31. The first-order valence-electron chi connectivity index (χ1n) is 18.6. The van der Waals surface area contributed by atoms with Gasteiger partial charge in [-0.2, -0.15) is 0 Å². The van der Waals surface area contributed by atoms with Crippen LogP contribution in [0.4, 0.5) is 14.4 Å². The van der Waals surface area contributed by atoms with Crippen LogP contribution in [0.15, 0.2) is 15.0 Å². The summed E-state index contributed by atoms with van der Waals surface area (Å²) in [6.07, 6.45) is 14.6. The van der Waals surface area contributed by atoms with Crippen molar-refractivity contribution < 1.29 is 43.0 Å². The van der Waals surface area contributed by atoms with Gasteiger partial charge in [0, 0.05) is 19.6 Å². The van der Waals surface area contributed by atoms with Gasteiger partial charge in [0.1, 0.15) is 19.8 Å². The van der Waals surface area contributed by atoms with Crippen molar-refractivity contribution in [1.82, 2.24) is 16.0 Å². The molecule has 3 N–H and O–H groups in total. The molecular weight excluding hydrogens is 660 g/mol. The number of isocyanates is 3. The van der Waals surface area contributed by atoms with Crippen molar-refractivity contribution in [2.75, 3.05) is 59.1 Å². The van der Waals surface area contributed by atoms with Crippen molar-refractivity contribution in [3.05, 3.63) is 0 Å². The number of alkyl carbamates (subject to hydrolysis) is 3. The summed E-state index contributed by atoms with van der Waals surface area (Å²) in [5.41, 5.74) is -1.000. The Kier molecular flexibility index (Phi) is 19.0. The van der Waals surface area contributed by atoms with E-state index < -0.39 is 23.7 Å². The molecule has 3 rings (SSSR count). The van der Waals surface area contributed by atoms with E-state index in [1.165, 1.54) is 0 Å². The first kappa shape index (κ1) is 41.4. The summed E-state index contributed by atoms with van der Waals surface area (Å²) in [4.78, 5) is 81.1. The van der Waals surface area contributed by atoms with Crippen LogP contribution in [0.1, 0.15) is 90.4 Å². The SMILES string of the molecule is CCC(COC(=O)NCC1CCCC(CN=C=O)C1)(COC(=O)NCC1CCCC(CN=C=O)C1)COC(=O)NCC1CCCC(CN=C=O)C1. The molecule has 0 radical (unpaired) electrons. The number of nitrogens with one attached hydrogen (secondary N) is 3. The van der Waals surface area contributed by atoms with Crippen LogP contribution in [0.2, 0.25) is 0 Å². The van der Waals surface area contributed by atoms with Crippen molar-refractivity contribution in [3.8, 4) is 0 Å². The largest absolute Gasteiger partial charge is 0.449 e. The molecule has 3 fully saturated rings. The molecule has 284 valence electrons. The van der Waals surface area contributed by atoms with Crippen molar-refractivity contribution in [1.29, 1.82) is 0 Å². The lowest BCUT2D eigenvalue weighted by Gasteiger charge is -2.32. The normalized spacial score (nSPS) is 25.6. The molecule has 3 aliphatic carbocycles. The van der Waals surface area contributed by atoms with Gasteiger partial charge in [-0.05, 0) is 99.7 Å². The van der Waals surface area contributed by atoms with Gasteiger partial charge in [0.25, 0.3) is 0 Å². The fourth-order valence-corrected chi connectivity index (χ4v) is 7.68. The maximum Gasteiger partial charge on any atom is 0.407 e. The summed E-state index contributed by atoms with van der Waals surface area (Å²) < 4.78 is 16.9. The molecule has 15 nitrogen and oxygen atoms in total. The molecule has 0 aliphatic heterocycles. The van der Waals surface area contributed by atoms with Crippen LogP contribution in [-0.2, 0) is 28.6 Å². The van der Waals surface area contributed by atoms with E-state index in [9.17, 15) is 28.8 Å². The van der Waals surface area contributed by atoms with Crippen molar-refractivity contribution in [2.24, 2.45) is 55.9 Å². The number of carbonyl (C=O) groups is 3. The Morgan fingerprint density at radius 1 is 0.549 bits per heavy atom. The summed E-state index contributed by atoms with van der Waals surface area (Å²) in [7, 11) is 0. The second kappa shape index (κ2) is 23.4. The molecule has 0 saturated heterocycles.